The van der Waals surface area contributed by atoms with Crippen molar-refractivity contribution in [1.29, 1.82) is 0 Å². The Balaban J connectivity index is 0.000000235. The average Bonchev–Trinajstić information content (AvgIpc) is 2.79. The van der Waals surface area contributed by atoms with Crippen molar-refractivity contribution in [3.05, 3.63) is 107 Å². The van der Waals surface area contributed by atoms with Crippen LogP contribution < -0.4 is 0 Å². The van der Waals surface area contributed by atoms with Gasteiger partial charge < -0.3 is 0 Å². The maximum absolute atomic E-state index is 10.5. The number of thiol groups is 1. The highest BCUT2D eigenvalue weighted by atomic mass is 32.2. The molecule has 0 amide bonds. The first kappa shape index (κ1) is 24.8. The van der Waals surface area contributed by atoms with E-state index in [2.05, 4.69) is 81.4 Å². The predicted octanol–water partition coefficient (Wildman–Crippen LogP) is 7.48. The maximum atomic E-state index is 10.5. The molecule has 0 saturated carbocycles. The number of aryl methyl sites for hydroxylation is 1. The molecule has 0 atom stereocenters. The highest BCUT2D eigenvalue weighted by molar-refractivity contribution is 7.85. The van der Waals surface area contributed by atoms with E-state index >= 15 is 0 Å². The van der Waals surface area contributed by atoms with E-state index in [1.807, 2.05) is 6.92 Å². The van der Waals surface area contributed by atoms with Crippen molar-refractivity contribution in [2.45, 2.75) is 37.5 Å². The van der Waals surface area contributed by atoms with Gasteiger partial charge in [0, 0.05) is 4.90 Å². The summed E-state index contributed by atoms with van der Waals surface area (Å²) in [6.07, 6.45) is 0. The fourth-order valence-corrected chi connectivity index (χ4v) is 4.70. The molecular formula is C28H28O3S2. The Kier molecular flexibility index (Phi) is 7.80. The van der Waals surface area contributed by atoms with Crippen LogP contribution in [0.3, 0.4) is 0 Å². The molecule has 33 heavy (non-hydrogen) atoms. The molecule has 3 nitrogen and oxygen atoms in total. The van der Waals surface area contributed by atoms with Gasteiger partial charge in [-0.1, -0.05) is 78.4 Å². The molecule has 170 valence electrons. The van der Waals surface area contributed by atoms with Gasteiger partial charge in [-0.2, -0.15) is 8.42 Å². The molecule has 0 aliphatic rings. The Labute approximate surface area is 202 Å². The van der Waals surface area contributed by atoms with Crippen molar-refractivity contribution >= 4 is 22.7 Å². The lowest BCUT2D eigenvalue weighted by molar-refractivity contribution is 0.483. The van der Waals surface area contributed by atoms with Crippen molar-refractivity contribution in [2.24, 2.45) is 0 Å². The Hall–Kier alpha value is -2.86. The second kappa shape index (κ2) is 10.4. The minimum atomic E-state index is -4.02. The quantitative estimate of drug-likeness (QED) is 0.238. The van der Waals surface area contributed by atoms with Crippen LogP contribution in [-0.2, 0) is 10.1 Å². The van der Waals surface area contributed by atoms with Crippen LogP contribution in [0.2, 0.25) is 0 Å². The molecule has 0 aliphatic carbocycles. The van der Waals surface area contributed by atoms with Gasteiger partial charge in [0.15, 0.2) is 0 Å². The molecule has 1 N–H and O–H groups in total. The summed E-state index contributed by atoms with van der Waals surface area (Å²) in [6, 6.07) is 27.2. The van der Waals surface area contributed by atoms with E-state index in [1.54, 1.807) is 12.1 Å². The summed E-state index contributed by atoms with van der Waals surface area (Å²) in [7, 11) is -4.02. The summed E-state index contributed by atoms with van der Waals surface area (Å²) >= 11 is 4.80. The van der Waals surface area contributed by atoms with Gasteiger partial charge in [-0.15, -0.1) is 12.6 Å². The molecule has 0 heterocycles. The van der Waals surface area contributed by atoms with Crippen molar-refractivity contribution in [3.63, 3.8) is 0 Å². The van der Waals surface area contributed by atoms with Crippen LogP contribution in [0, 0.1) is 27.7 Å². The van der Waals surface area contributed by atoms with Gasteiger partial charge in [-0.05, 0) is 78.8 Å². The highest BCUT2D eigenvalue weighted by Crippen LogP contribution is 2.40. The van der Waals surface area contributed by atoms with Crippen LogP contribution in [0.15, 0.2) is 94.7 Å². The lowest BCUT2D eigenvalue weighted by Gasteiger charge is -2.20. The van der Waals surface area contributed by atoms with E-state index in [1.165, 1.54) is 51.1 Å². The Morgan fingerprint density at radius 2 is 1.00 bits per heavy atom. The molecule has 0 aromatic heterocycles. The molecule has 5 heteroatoms. The van der Waals surface area contributed by atoms with E-state index in [0.717, 1.165) is 10.5 Å². The zero-order valence-electron chi connectivity index (χ0n) is 19.2. The Bertz CT molecular complexity index is 1280. The van der Waals surface area contributed by atoms with Crippen molar-refractivity contribution < 1.29 is 13.0 Å². The molecule has 0 aliphatic heterocycles. The van der Waals surface area contributed by atoms with Crippen LogP contribution in [0.5, 0.6) is 0 Å². The fraction of sp³-hybridized carbons (Fsp3) is 0.143. The normalized spacial score (nSPS) is 11.0. The van der Waals surface area contributed by atoms with E-state index in [0.29, 0.717) is 0 Å². The van der Waals surface area contributed by atoms with Gasteiger partial charge in [0.25, 0.3) is 10.1 Å². The zero-order chi connectivity index (χ0) is 24.2. The smallest absolute Gasteiger partial charge is 0.282 e. The Morgan fingerprint density at radius 3 is 1.36 bits per heavy atom. The predicted molar refractivity (Wildman–Crippen MR) is 140 cm³/mol. The molecule has 0 saturated heterocycles. The summed E-state index contributed by atoms with van der Waals surface area (Å²) in [5.74, 6) is 0. The summed E-state index contributed by atoms with van der Waals surface area (Å²) in [5, 5.41) is 0. The fourth-order valence-electron chi connectivity index (χ4n) is 3.99. The molecule has 4 aromatic carbocycles. The second-order valence-corrected chi connectivity index (χ2v) is 9.86. The topological polar surface area (TPSA) is 54.4 Å². The molecule has 0 spiro atoms. The largest absolute Gasteiger partial charge is 0.294 e. The van der Waals surface area contributed by atoms with E-state index in [-0.39, 0.29) is 4.90 Å². The summed E-state index contributed by atoms with van der Waals surface area (Å²) in [6.45, 7) is 8.39. The number of hydrogen-bond acceptors (Lipinski definition) is 3. The SMILES string of the molecule is Cc1c(S)c(C)c(-c2ccccc2)c(C)c1-c1ccccc1.Cc1ccc(S(=O)(=O)O)cc1. The minimum Gasteiger partial charge on any atom is -0.282 e. The number of rotatable bonds is 3. The van der Waals surface area contributed by atoms with E-state index in [9.17, 15) is 8.42 Å². The molecular weight excluding hydrogens is 448 g/mol. The Morgan fingerprint density at radius 1 is 0.606 bits per heavy atom. The zero-order valence-corrected chi connectivity index (χ0v) is 20.9. The van der Waals surface area contributed by atoms with Crippen LogP contribution in [0.4, 0.5) is 0 Å². The minimum absolute atomic E-state index is 0.0666. The summed E-state index contributed by atoms with van der Waals surface area (Å²) in [4.78, 5) is 1.02. The third-order valence-electron chi connectivity index (χ3n) is 5.65. The lowest BCUT2D eigenvalue weighted by Crippen LogP contribution is -1.98. The highest BCUT2D eigenvalue weighted by Gasteiger charge is 2.17. The van der Waals surface area contributed by atoms with Crippen LogP contribution in [0.25, 0.3) is 22.3 Å². The van der Waals surface area contributed by atoms with Gasteiger partial charge in [-0.25, -0.2) is 0 Å². The maximum Gasteiger partial charge on any atom is 0.294 e. The molecule has 4 rings (SSSR count). The number of benzene rings is 4. The third-order valence-corrected chi connectivity index (χ3v) is 7.19. The first-order valence-corrected chi connectivity index (χ1v) is 12.5. The first-order valence-electron chi connectivity index (χ1n) is 10.6. The van der Waals surface area contributed by atoms with E-state index in [4.69, 9.17) is 17.2 Å². The average molecular weight is 477 g/mol. The van der Waals surface area contributed by atoms with Gasteiger partial charge in [0.05, 0.1) is 4.90 Å². The van der Waals surface area contributed by atoms with E-state index < -0.39 is 10.1 Å². The summed E-state index contributed by atoms with van der Waals surface area (Å²) < 4.78 is 29.6. The van der Waals surface area contributed by atoms with Crippen LogP contribution in [0.1, 0.15) is 22.3 Å². The molecule has 0 radical (unpaired) electrons. The van der Waals surface area contributed by atoms with Crippen LogP contribution in [-0.4, -0.2) is 13.0 Å². The molecule has 0 fully saturated rings. The lowest BCUT2D eigenvalue weighted by atomic mass is 9.86. The van der Waals surface area contributed by atoms with Crippen LogP contribution >= 0.6 is 12.6 Å². The third kappa shape index (κ3) is 5.74. The summed E-state index contributed by atoms with van der Waals surface area (Å²) in [5.41, 5.74) is 9.90. The van der Waals surface area contributed by atoms with Crippen molar-refractivity contribution in [3.8, 4) is 22.3 Å². The van der Waals surface area contributed by atoms with Gasteiger partial charge in [-0.3, -0.25) is 4.55 Å². The van der Waals surface area contributed by atoms with Crippen molar-refractivity contribution in [1.82, 2.24) is 0 Å². The number of hydrogen-bond donors (Lipinski definition) is 2. The first-order chi connectivity index (χ1) is 15.6. The molecule has 0 bridgehead atoms. The molecule has 4 aromatic rings. The van der Waals surface area contributed by atoms with Gasteiger partial charge in [0.1, 0.15) is 0 Å². The molecule has 0 unspecified atom stereocenters. The van der Waals surface area contributed by atoms with Crippen molar-refractivity contribution in [2.75, 3.05) is 0 Å². The monoisotopic (exact) mass is 476 g/mol. The van der Waals surface area contributed by atoms with Gasteiger partial charge in [0.2, 0.25) is 0 Å². The standard InChI is InChI=1S/C21H20S.C7H8O3S/c1-14-19(17-10-6-4-7-11-17)15(2)21(22)16(3)20(14)18-12-8-5-9-13-18;1-6-2-4-7(5-3-6)11(8,9)10/h4-13,22H,1-3H3;2-5H,1H3,(H,8,9,10). The van der Waals surface area contributed by atoms with Gasteiger partial charge >= 0.3 is 0 Å². The second-order valence-electron chi connectivity index (χ2n) is 7.99.